The van der Waals surface area contributed by atoms with Crippen LogP contribution in [0.5, 0.6) is 0 Å². The van der Waals surface area contributed by atoms with Gasteiger partial charge in [-0.2, -0.15) is 0 Å². The Morgan fingerprint density at radius 1 is 1.18 bits per heavy atom. The zero-order chi connectivity index (χ0) is 19.9. The molecule has 6 nitrogen and oxygen atoms in total. The van der Waals surface area contributed by atoms with Crippen molar-refractivity contribution < 1.29 is 9.18 Å². The van der Waals surface area contributed by atoms with Crippen LogP contribution < -0.4 is 11.0 Å². The van der Waals surface area contributed by atoms with Crippen LogP contribution in [-0.4, -0.2) is 25.9 Å². The minimum atomic E-state index is -0.439. The predicted molar refractivity (Wildman–Crippen MR) is 107 cm³/mol. The van der Waals surface area contributed by atoms with Crippen molar-refractivity contribution in [1.29, 1.82) is 0 Å². The molecule has 0 aliphatic rings. The van der Waals surface area contributed by atoms with E-state index < -0.39 is 5.25 Å². The second-order valence-corrected chi connectivity index (χ2v) is 7.61. The van der Waals surface area contributed by atoms with Crippen LogP contribution in [0.3, 0.4) is 0 Å². The molecule has 1 aromatic heterocycles. The molecule has 1 amide bonds. The number of rotatable bonds is 8. The number of halogens is 1. The number of aryl methyl sites for hydroxylation is 1. The van der Waals surface area contributed by atoms with Gasteiger partial charge in [0.15, 0.2) is 5.16 Å². The van der Waals surface area contributed by atoms with E-state index in [-0.39, 0.29) is 17.4 Å². The highest BCUT2D eigenvalue weighted by Gasteiger charge is 2.18. The second-order valence-electron chi connectivity index (χ2n) is 6.30. The Morgan fingerprint density at radius 3 is 2.61 bits per heavy atom. The molecule has 1 heterocycles. The monoisotopic (exact) mass is 400 g/mol. The van der Waals surface area contributed by atoms with Crippen molar-refractivity contribution in [2.75, 3.05) is 0 Å². The molecule has 146 valence electrons. The molecule has 3 aromatic rings. The summed E-state index contributed by atoms with van der Waals surface area (Å²) in [6, 6.07) is 15.8. The third-order valence-corrected chi connectivity index (χ3v) is 5.31. The lowest BCUT2D eigenvalue weighted by Crippen LogP contribution is -2.31. The number of H-pyrrole nitrogens is 1. The highest BCUT2D eigenvalue weighted by molar-refractivity contribution is 8.00. The van der Waals surface area contributed by atoms with Crippen molar-refractivity contribution in [2.24, 2.45) is 0 Å². The maximum absolute atomic E-state index is 12.9. The Bertz CT molecular complexity index is 970. The van der Waals surface area contributed by atoms with Gasteiger partial charge in [0, 0.05) is 13.1 Å². The van der Waals surface area contributed by atoms with E-state index in [4.69, 9.17) is 0 Å². The smallest absolute Gasteiger partial charge is 0.343 e. The normalized spacial score (nSPS) is 11.9. The fourth-order valence-electron chi connectivity index (χ4n) is 2.62. The number of carbonyl (C=O) groups excluding carboxylic acids is 1. The lowest BCUT2D eigenvalue weighted by Gasteiger charge is -2.12. The number of carbonyl (C=O) groups is 1. The standard InChI is InChI=1S/C20H21FN4O2S/c1-14(18(26)22-13-16-7-9-17(21)10-8-16)28-20-24-23-19(27)25(20)12-11-15-5-3-2-4-6-15/h2-10,14H,11-13H2,1H3,(H,22,26)(H,23,27)/t14-/m0/s1. The van der Waals surface area contributed by atoms with Gasteiger partial charge in [-0.25, -0.2) is 14.3 Å². The first kappa shape index (κ1) is 19.9. The Kier molecular flexibility index (Phi) is 6.65. The van der Waals surface area contributed by atoms with Crippen molar-refractivity contribution in [3.8, 4) is 0 Å². The number of thioether (sulfide) groups is 1. The number of aromatic amines is 1. The number of nitrogens with zero attached hydrogens (tertiary/aromatic N) is 2. The van der Waals surface area contributed by atoms with Gasteiger partial charge >= 0.3 is 5.69 Å². The van der Waals surface area contributed by atoms with Gasteiger partial charge < -0.3 is 5.32 Å². The Hall–Kier alpha value is -2.87. The lowest BCUT2D eigenvalue weighted by atomic mass is 10.1. The van der Waals surface area contributed by atoms with E-state index in [0.717, 1.165) is 11.1 Å². The van der Waals surface area contributed by atoms with Crippen molar-refractivity contribution in [3.63, 3.8) is 0 Å². The molecule has 0 saturated carbocycles. The molecular weight excluding hydrogens is 379 g/mol. The minimum Gasteiger partial charge on any atom is -0.351 e. The number of benzene rings is 2. The van der Waals surface area contributed by atoms with Crippen LogP contribution in [0.4, 0.5) is 4.39 Å². The second kappa shape index (κ2) is 9.36. The summed E-state index contributed by atoms with van der Waals surface area (Å²) < 4.78 is 14.5. The lowest BCUT2D eigenvalue weighted by molar-refractivity contribution is -0.120. The first-order valence-electron chi connectivity index (χ1n) is 8.91. The zero-order valence-electron chi connectivity index (χ0n) is 15.4. The SMILES string of the molecule is C[C@H](Sc1n[nH]c(=O)n1CCc1ccccc1)C(=O)NCc1ccc(F)cc1. The summed E-state index contributed by atoms with van der Waals surface area (Å²) in [5.41, 5.74) is 1.64. The van der Waals surface area contributed by atoms with Gasteiger partial charge in [-0.3, -0.25) is 9.36 Å². The van der Waals surface area contributed by atoms with Crippen LogP contribution in [-0.2, 0) is 24.3 Å². The maximum Gasteiger partial charge on any atom is 0.343 e. The van der Waals surface area contributed by atoms with Crippen molar-refractivity contribution in [3.05, 3.63) is 82.0 Å². The molecule has 0 fully saturated rings. The van der Waals surface area contributed by atoms with Crippen molar-refractivity contribution >= 4 is 17.7 Å². The highest BCUT2D eigenvalue weighted by Crippen LogP contribution is 2.20. The van der Waals surface area contributed by atoms with E-state index in [1.807, 2.05) is 30.3 Å². The maximum atomic E-state index is 12.9. The van der Waals surface area contributed by atoms with Gasteiger partial charge in [-0.05, 0) is 36.6 Å². The van der Waals surface area contributed by atoms with Crippen LogP contribution >= 0.6 is 11.8 Å². The summed E-state index contributed by atoms with van der Waals surface area (Å²) in [6.45, 7) is 2.54. The number of aromatic nitrogens is 3. The Labute approximate surface area is 166 Å². The fraction of sp³-hybridized carbons (Fsp3) is 0.250. The van der Waals surface area contributed by atoms with E-state index >= 15 is 0 Å². The predicted octanol–water partition coefficient (Wildman–Crippen LogP) is 2.75. The molecule has 0 saturated heterocycles. The summed E-state index contributed by atoms with van der Waals surface area (Å²) in [5.74, 6) is -0.495. The number of hydrogen-bond acceptors (Lipinski definition) is 4. The molecule has 0 bridgehead atoms. The van der Waals surface area contributed by atoms with Crippen molar-refractivity contribution in [1.82, 2.24) is 20.1 Å². The van der Waals surface area contributed by atoms with Gasteiger partial charge in [0.25, 0.3) is 0 Å². The summed E-state index contributed by atoms with van der Waals surface area (Å²) >= 11 is 1.22. The summed E-state index contributed by atoms with van der Waals surface area (Å²) in [6.07, 6.45) is 0.693. The van der Waals surface area contributed by atoms with Gasteiger partial charge in [0.1, 0.15) is 5.82 Å². The molecule has 0 aliphatic carbocycles. The van der Waals surface area contributed by atoms with E-state index in [2.05, 4.69) is 15.5 Å². The van der Waals surface area contributed by atoms with Crippen LogP contribution in [0, 0.1) is 5.82 Å². The molecule has 8 heteroatoms. The molecule has 1 atom stereocenters. The van der Waals surface area contributed by atoms with Crippen molar-refractivity contribution in [2.45, 2.75) is 36.8 Å². The van der Waals surface area contributed by atoms with Gasteiger partial charge in [0.2, 0.25) is 5.91 Å². The average Bonchev–Trinajstić information content (AvgIpc) is 3.05. The molecule has 2 N–H and O–H groups in total. The molecule has 0 unspecified atom stereocenters. The quantitative estimate of drug-likeness (QED) is 0.570. The van der Waals surface area contributed by atoms with Crippen LogP contribution in [0.25, 0.3) is 0 Å². The van der Waals surface area contributed by atoms with Gasteiger partial charge in [0.05, 0.1) is 5.25 Å². The zero-order valence-corrected chi connectivity index (χ0v) is 16.2. The molecule has 3 rings (SSSR count). The fourth-order valence-corrected chi connectivity index (χ4v) is 3.53. The van der Waals surface area contributed by atoms with Crippen LogP contribution in [0.1, 0.15) is 18.1 Å². The third kappa shape index (κ3) is 5.32. The molecule has 28 heavy (non-hydrogen) atoms. The largest absolute Gasteiger partial charge is 0.351 e. The number of amides is 1. The summed E-state index contributed by atoms with van der Waals surface area (Å²) in [7, 11) is 0. The van der Waals surface area contributed by atoms with E-state index in [1.54, 1.807) is 23.6 Å². The first-order chi connectivity index (χ1) is 13.5. The topological polar surface area (TPSA) is 79.8 Å². The minimum absolute atomic E-state index is 0.181. The Balaban J connectivity index is 1.57. The first-order valence-corrected chi connectivity index (χ1v) is 9.79. The van der Waals surface area contributed by atoms with Gasteiger partial charge in [-0.15, -0.1) is 5.10 Å². The molecule has 2 aromatic carbocycles. The number of nitrogens with one attached hydrogen (secondary N) is 2. The Morgan fingerprint density at radius 2 is 1.89 bits per heavy atom. The van der Waals surface area contributed by atoms with E-state index in [0.29, 0.717) is 24.7 Å². The molecule has 0 radical (unpaired) electrons. The number of hydrogen-bond donors (Lipinski definition) is 2. The third-order valence-electron chi connectivity index (χ3n) is 4.22. The molecular formula is C20H21FN4O2S. The molecule has 0 spiro atoms. The molecule has 0 aliphatic heterocycles. The van der Waals surface area contributed by atoms with E-state index in [9.17, 15) is 14.0 Å². The average molecular weight is 400 g/mol. The van der Waals surface area contributed by atoms with Crippen LogP contribution in [0.2, 0.25) is 0 Å². The van der Waals surface area contributed by atoms with Gasteiger partial charge in [-0.1, -0.05) is 54.2 Å². The van der Waals surface area contributed by atoms with Crippen LogP contribution in [0.15, 0.2) is 64.5 Å². The summed E-state index contributed by atoms with van der Waals surface area (Å²) in [5, 5.41) is 9.35. The highest BCUT2D eigenvalue weighted by atomic mass is 32.2. The summed E-state index contributed by atoms with van der Waals surface area (Å²) in [4.78, 5) is 24.4. The van der Waals surface area contributed by atoms with E-state index in [1.165, 1.54) is 23.9 Å².